The van der Waals surface area contributed by atoms with Gasteiger partial charge in [-0.05, 0) is 36.2 Å². The highest BCUT2D eigenvalue weighted by Crippen LogP contribution is 2.20. The van der Waals surface area contributed by atoms with Gasteiger partial charge in [-0.1, -0.05) is 17.8 Å². The molecule has 0 aromatic carbocycles. The van der Waals surface area contributed by atoms with Gasteiger partial charge >= 0.3 is 0 Å². The minimum Gasteiger partial charge on any atom is -0.463 e. The van der Waals surface area contributed by atoms with E-state index in [1.807, 2.05) is 32.2 Å². The van der Waals surface area contributed by atoms with E-state index in [-0.39, 0.29) is 5.91 Å². The minimum absolute atomic E-state index is 0.159. The van der Waals surface area contributed by atoms with Gasteiger partial charge in [0.25, 0.3) is 5.91 Å². The highest BCUT2D eigenvalue weighted by atomic mass is 32.1. The maximum absolute atomic E-state index is 12.3. The lowest BCUT2D eigenvalue weighted by molar-refractivity contribution is 0.0953. The third-order valence-electron chi connectivity index (χ3n) is 3.38. The molecule has 3 heterocycles. The molecule has 0 atom stereocenters. The van der Waals surface area contributed by atoms with Crippen molar-refractivity contribution in [1.82, 2.24) is 24.7 Å². The van der Waals surface area contributed by atoms with E-state index in [2.05, 4.69) is 20.0 Å². The maximum Gasteiger partial charge on any atom is 0.265 e. The van der Waals surface area contributed by atoms with Crippen molar-refractivity contribution in [2.75, 3.05) is 0 Å². The SMILES string of the molecule is CCCc1nnsc1C(=O)NCc1cc(-c2ccco2)n(C)n1. The summed E-state index contributed by atoms with van der Waals surface area (Å²) in [5.74, 6) is 0.586. The lowest BCUT2D eigenvalue weighted by atomic mass is 10.2. The summed E-state index contributed by atoms with van der Waals surface area (Å²) in [6.07, 6.45) is 3.31. The summed E-state index contributed by atoms with van der Waals surface area (Å²) >= 11 is 1.13. The molecule has 1 N–H and O–H groups in total. The molecule has 7 nitrogen and oxygen atoms in total. The van der Waals surface area contributed by atoms with Crippen molar-refractivity contribution >= 4 is 17.4 Å². The molecule has 3 rings (SSSR count). The predicted molar refractivity (Wildman–Crippen MR) is 86.0 cm³/mol. The fourth-order valence-electron chi connectivity index (χ4n) is 2.30. The molecular weight excluding hydrogens is 314 g/mol. The lowest BCUT2D eigenvalue weighted by Gasteiger charge is -2.01. The molecule has 0 aliphatic heterocycles. The Morgan fingerprint density at radius 2 is 2.35 bits per heavy atom. The fourth-order valence-corrected chi connectivity index (χ4v) is 2.92. The van der Waals surface area contributed by atoms with Crippen LogP contribution in [0.5, 0.6) is 0 Å². The zero-order chi connectivity index (χ0) is 16.2. The second-order valence-corrected chi connectivity index (χ2v) is 5.86. The van der Waals surface area contributed by atoms with Crippen LogP contribution >= 0.6 is 11.5 Å². The largest absolute Gasteiger partial charge is 0.463 e. The third-order valence-corrected chi connectivity index (χ3v) is 4.15. The van der Waals surface area contributed by atoms with Crippen molar-refractivity contribution in [2.24, 2.45) is 7.05 Å². The quantitative estimate of drug-likeness (QED) is 0.749. The van der Waals surface area contributed by atoms with Crippen LogP contribution in [0.1, 0.15) is 34.4 Å². The molecule has 0 fully saturated rings. The molecule has 3 aromatic heterocycles. The summed E-state index contributed by atoms with van der Waals surface area (Å²) in [6.45, 7) is 2.39. The molecule has 0 spiro atoms. The van der Waals surface area contributed by atoms with Crippen LogP contribution in [0.15, 0.2) is 28.9 Å². The predicted octanol–water partition coefficient (Wildman–Crippen LogP) is 2.41. The molecular formula is C15H17N5O2S. The molecule has 0 saturated heterocycles. The van der Waals surface area contributed by atoms with Crippen molar-refractivity contribution in [2.45, 2.75) is 26.3 Å². The smallest absolute Gasteiger partial charge is 0.265 e. The summed E-state index contributed by atoms with van der Waals surface area (Å²) in [5, 5.41) is 11.3. The van der Waals surface area contributed by atoms with Crippen LogP contribution in [-0.2, 0) is 20.0 Å². The summed E-state index contributed by atoms with van der Waals surface area (Å²) < 4.78 is 11.0. The molecule has 0 aliphatic rings. The van der Waals surface area contributed by atoms with Crippen molar-refractivity contribution in [3.8, 4) is 11.5 Å². The summed E-state index contributed by atoms with van der Waals surface area (Å²) in [5.41, 5.74) is 2.39. The molecule has 1 amide bonds. The Kier molecular flexibility index (Phi) is 4.52. The number of aromatic nitrogens is 4. The monoisotopic (exact) mass is 331 g/mol. The Hall–Kier alpha value is -2.48. The molecule has 3 aromatic rings. The van der Waals surface area contributed by atoms with E-state index < -0.39 is 0 Å². The fraction of sp³-hybridized carbons (Fsp3) is 0.333. The number of nitrogens with zero attached hydrogens (tertiary/aromatic N) is 4. The molecule has 0 unspecified atom stereocenters. The standard InChI is InChI=1S/C15H17N5O2S/c1-3-5-11-14(23-19-17-11)15(21)16-9-10-8-12(20(2)18-10)13-6-4-7-22-13/h4,6-8H,3,5,9H2,1-2H3,(H,16,21). The van der Waals surface area contributed by atoms with E-state index in [1.54, 1.807) is 10.9 Å². The molecule has 0 aliphatic carbocycles. The Bertz CT molecular complexity index is 791. The first-order chi connectivity index (χ1) is 11.2. The van der Waals surface area contributed by atoms with Crippen molar-refractivity contribution in [3.63, 3.8) is 0 Å². The van der Waals surface area contributed by atoms with Crippen molar-refractivity contribution in [1.29, 1.82) is 0 Å². The molecule has 0 bridgehead atoms. The third kappa shape index (κ3) is 3.31. The first-order valence-electron chi connectivity index (χ1n) is 7.35. The van der Waals surface area contributed by atoms with E-state index >= 15 is 0 Å². The van der Waals surface area contributed by atoms with Crippen LogP contribution in [-0.4, -0.2) is 25.3 Å². The van der Waals surface area contributed by atoms with E-state index in [4.69, 9.17) is 4.42 Å². The topological polar surface area (TPSA) is 85.8 Å². The van der Waals surface area contributed by atoms with Gasteiger partial charge in [0.05, 0.1) is 24.2 Å². The van der Waals surface area contributed by atoms with E-state index in [9.17, 15) is 4.79 Å². The van der Waals surface area contributed by atoms with Gasteiger partial charge in [-0.3, -0.25) is 9.48 Å². The van der Waals surface area contributed by atoms with Crippen molar-refractivity contribution in [3.05, 3.63) is 40.7 Å². The molecule has 23 heavy (non-hydrogen) atoms. The number of hydrogen-bond donors (Lipinski definition) is 1. The number of amides is 1. The zero-order valence-corrected chi connectivity index (χ0v) is 13.8. The van der Waals surface area contributed by atoms with Crippen LogP contribution in [0, 0.1) is 0 Å². The minimum atomic E-state index is -0.159. The van der Waals surface area contributed by atoms with Crippen LogP contribution in [0.2, 0.25) is 0 Å². The number of hydrogen-bond acceptors (Lipinski definition) is 6. The summed E-state index contributed by atoms with van der Waals surface area (Å²) in [7, 11) is 1.84. The highest BCUT2D eigenvalue weighted by Gasteiger charge is 2.16. The summed E-state index contributed by atoms with van der Waals surface area (Å²) in [4.78, 5) is 12.8. The van der Waals surface area contributed by atoms with E-state index in [0.717, 1.165) is 47.2 Å². The second-order valence-electron chi connectivity index (χ2n) is 5.10. The number of furan rings is 1. The van der Waals surface area contributed by atoms with Gasteiger partial charge in [0.15, 0.2) is 5.76 Å². The molecule has 0 saturated carbocycles. The lowest BCUT2D eigenvalue weighted by Crippen LogP contribution is -2.23. The van der Waals surface area contributed by atoms with Crippen LogP contribution in [0.4, 0.5) is 0 Å². The van der Waals surface area contributed by atoms with Crippen LogP contribution < -0.4 is 5.32 Å². The van der Waals surface area contributed by atoms with Gasteiger partial charge in [-0.2, -0.15) is 5.10 Å². The van der Waals surface area contributed by atoms with Gasteiger partial charge in [-0.25, -0.2) is 0 Å². The Morgan fingerprint density at radius 1 is 1.48 bits per heavy atom. The van der Waals surface area contributed by atoms with Gasteiger partial charge in [0.1, 0.15) is 10.6 Å². The number of carbonyl (C=O) groups is 1. The van der Waals surface area contributed by atoms with Gasteiger partial charge in [-0.15, -0.1) is 5.10 Å². The molecule has 120 valence electrons. The Balaban J connectivity index is 1.68. The second kappa shape index (κ2) is 6.74. The van der Waals surface area contributed by atoms with Crippen LogP contribution in [0.3, 0.4) is 0 Å². The molecule has 0 radical (unpaired) electrons. The van der Waals surface area contributed by atoms with Gasteiger partial charge in [0, 0.05) is 7.05 Å². The first kappa shape index (κ1) is 15.4. The van der Waals surface area contributed by atoms with Crippen molar-refractivity contribution < 1.29 is 9.21 Å². The number of carbonyl (C=O) groups excluding carboxylic acids is 1. The highest BCUT2D eigenvalue weighted by molar-refractivity contribution is 7.08. The maximum atomic E-state index is 12.3. The number of rotatable bonds is 6. The van der Waals surface area contributed by atoms with E-state index in [1.165, 1.54) is 0 Å². The normalized spacial score (nSPS) is 10.9. The average molecular weight is 331 g/mol. The van der Waals surface area contributed by atoms with E-state index in [0.29, 0.717) is 11.4 Å². The average Bonchev–Trinajstić information content (AvgIpc) is 3.25. The number of nitrogens with one attached hydrogen (secondary N) is 1. The van der Waals surface area contributed by atoms with Gasteiger partial charge in [0.2, 0.25) is 0 Å². The zero-order valence-electron chi connectivity index (χ0n) is 12.9. The number of aryl methyl sites for hydroxylation is 2. The molecule has 8 heteroatoms. The first-order valence-corrected chi connectivity index (χ1v) is 8.12. The Morgan fingerprint density at radius 3 is 3.09 bits per heavy atom. The van der Waals surface area contributed by atoms with Gasteiger partial charge < -0.3 is 9.73 Å². The Labute approximate surface area is 137 Å². The summed E-state index contributed by atoms with van der Waals surface area (Å²) in [6, 6.07) is 5.60. The van der Waals surface area contributed by atoms with Crippen LogP contribution in [0.25, 0.3) is 11.5 Å².